The summed E-state index contributed by atoms with van der Waals surface area (Å²) in [5.41, 5.74) is -1.07. The number of Topliss-reactive ketones (excluding diaryl/α,β-unsaturated/α-hetero) is 1. The lowest BCUT2D eigenvalue weighted by molar-refractivity contribution is -0.140. The van der Waals surface area contributed by atoms with Crippen LogP contribution in [-0.4, -0.2) is 26.9 Å². The van der Waals surface area contributed by atoms with Crippen molar-refractivity contribution >= 4 is 11.8 Å². The molecular weight excluding hydrogens is 228 g/mol. The van der Waals surface area contributed by atoms with Crippen molar-refractivity contribution in [2.75, 3.05) is 0 Å². The van der Waals surface area contributed by atoms with Crippen LogP contribution < -0.4 is 5.56 Å². The zero-order chi connectivity index (χ0) is 13.0. The van der Waals surface area contributed by atoms with E-state index >= 15 is 0 Å². The van der Waals surface area contributed by atoms with Gasteiger partial charge in [0.05, 0.1) is 11.6 Å². The van der Waals surface area contributed by atoms with Crippen LogP contribution in [0.1, 0.15) is 17.5 Å². The van der Waals surface area contributed by atoms with Crippen LogP contribution in [0.25, 0.3) is 0 Å². The van der Waals surface area contributed by atoms with E-state index < -0.39 is 36.0 Å². The number of aliphatic carboxylic acids is 1. The molecule has 0 saturated heterocycles. The number of rotatable bonds is 4. The third-order valence-corrected chi connectivity index (χ3v) is 1.96. The Morgan fingerprint density at radius 3 is 2.65 bits per heavy atom. The molecule has 0 fully saturated rings. The lowest BCUT2D eigenvalue weighted by Crippen LogP contribution is -2.19. The fourth-order valence-corrected chi connectivity index (χ4v) is 1.28. The molecule has 0 aliphatic rings. The molecule has 0 saturated carbocycles. The second kappa shape index (κ2) is 4.94. The van der Waals surface area contributed by atoms with Gasteiger partial charge in [-0.05, 0) is 0 Å². The van der Waals surface area contributed by atoms with Crippen LogP contribution >= 0.6 is 0 Å². The molecule has 1 aromatic rings. The molecule has 3 N–H and O–H groups in total. The highest BCUT2D eigenvalue weighted by Gasteiger charge is 2.15. The Hall–Kier alpha value is -2.62. The van der Waals surface area contributed by atoms with E-state index in [9.17, 15) is 14.4 Å². The van der Waals surface area contributed by atoms with Gasteiger partial charge in [-0.1, -0.05) is 0 Å². The minimum atomic E-state index is -1.30. The quantitative estimate of drug-likeness (QED) is 0.606. The van der Waals surface area contributed by atoms with Crippen molar-refractivity contribution in [2.45, 2.75) is 12.8 Å². The summed E-state index contributed by atoms with van der Waals surface area (Å²) in [6.07, 6.45) is -1.17. The molecule has 0 radical (unpaired) electrons. The predicted octanol–water partition coefficient (Wildman–Crippen LogP) is -0.462. The first kappa shape index (κ1) is 12.4. The second-order valence-electron chi connectivity index (χ2n) is 3.27. The molecule has 7 heteroatoms. The van der Waals surface area contributed by atoms with Crippen molar-refractivity contribution in [1.29, 1.82) is 5.26 Å². The molecule has 0 aromatic carbocycles. The number of aromatic nitrogens is 1. The maximum Gasteiger partial charge on any atom is 0.310 e. The van der Waals surface area contributed by atoms with E-state index in [0.29, 0.717) is 0 Å². The molecular formula is C10H8N2O5. The fourth-order valence-electron chi connectivity index (χ4n) is 1.28. The summed E-state index contributed by atoms with van der Waals surface area (Å²) in [6, 6.07) is 2.66. The number of nitrogens with one attached hydrogen (secondary N) is 1. The molecule has 1 heterocycles. The van der Waals surface area contributed by atoms with Gasteiger partial charge in [-0.25, -0.2) is 0 Å². The monoisotopic (exact) mass is 236 g/mol. The summed E-state index contributed by atoms with van der Waals surface area (Å²) in [6.45, 7) is 0. The second-order valence-corrected chi connectivity index (χ2v) is 3.27. The van der Waals surface area contributed by atoms with Crippen LogP contribution in [0, 0.1) is 11.3 Å². The van der Waals surface area contributed by atoms with Gasteiger partial charge in [-0.15, -0.1) is 0 Å². The van der Waals surface area contributed by atoms with E-state index in [4.69, 9.17) is 15.5 Å². The normalized spacial score (nSPS) is 9.59. The van der Waals surface area contributed by atoms with Crippen molar-refractivity contribution in [3.63, 3.8) is 0 Å². The maximum absolute atomic E-state index is 11.4. The minimum Gasteiger partial charge on any atom is -0.494 e. The van der Waals surface area contributed by atoms with Crippen molar-refractivity contribution < 1.29 is 19.8 Å². The number of ketones is 1. The number of aromatic amines is 1. The zero-order valence-electron chi connectivity index (χ0n) is 8.56. The SMILES string of the molecule is N#Cc1cc(O)[nH]c(=O)c1CC(=O)CC(=O)O. The lowest BCUT2D eigenvalue weighted by Gasteiger charge is -2.01. The summed E-state index contributed by atoms with van der Waals surface area (Å²) < 4.78 is 0. The summed E-state index contributed by atoms with van der Waals surface area (Å²) in [5.74, 6) is -2.48. The van der Waals surface area contributed by atoms with Crippen LogP contribution in [0.2, 0.25) is 0 Å². The van der Waals surface area contributed by atoms with E-state index in [2.05, 4.69) is 0 Å². The van der Waals surface area contributed by atoms with Gasteiger partial charge in [0, 0.05) is 18.1 Å². The van der Waals surface area contributed by atoms with E-state index in [0.717, 1.165) is 6.07 Å². The smallest absolute Gasteiger partial charge is 0.310 e. The Kier molecular flexibility index (Phi) is 3.62. The Balaban J connectivity index is 3.07. The third kappa shape index (κ3) is 3.17. The van der Waals surface area contributed by atoms with Gasteiger partial charge in [0.1, 0.15) is 12.2 Å². The van der Waals surface area contributed by atoms with Gasteiger partial charge in [-0.3, -0.25) is 19.4 Å². The van der Waals surface area contributed by atoms with Crippen molar-refractivity contribution in [2.24, 2.45) is 0 Å². The van der Waals surface area contributed by atoms with Crippen molar-refractivity contribution in [3.05, 3.63) is 27.5 Å². The summed E-state index contributed by atoms with van der Waals surface area (Å²) >= 11 is 0. The number of carboxylic acids is 1. The number of pyridine rings is 1. The van der Waals surface area contributed by atoms with Crippen LogP contribution in [0.3, 0.4) is 0 Å². The number of carbonyl (C=O) groups is 2. The molecule has 7 nitrogen and oxygen atoms in total. The molecule has 0 unspecified atom stereocenters. The molecule has 1 rings (SSSR count). The number of nitrogens with zero attached hydrogens (tertiary/aromatic N) is 1. The minimum absolute atomic E-state index is 0.142. The molecule has 0 atom stereocenters. The Morgan fingerprint density at radius 2 is 2.12 bits per heavy atom. The first-order valence-corrected chi connectivity index (χ1v) is 4.52. The van der Waals surface area contributed by atoms with E-state index in [1.165, 1.54) is 0 Å². The topological polar surface area (TPSA) is 131 Å². The molecule has 17 heavy (non-hydrogen) atoms. The fraction of sp³-hybridized carbons (Fsp3) is 0.200. The predicted molar refractivity (Wildman–Crippen MR) is 54.4 cm³/mol. The maximum atomic E-state index is 11.4. The number of carboxylic acid groups (broad SMARTS) is 1. The van der Waals surface area contributed by atoms with Gasteiger partial charge in [-0.2, -0.15) is 5.26 Å². The van der Waals surface area contributed by atoms with Gasteiger partial charge in [0.25, 0.3) is 5.56 Å². The first-order chi connectivity index (χ1) is 7.93. The Morgan fingerprint density at radius 1 is 1.47 bits per heavy atom. The van der Waals surface area contributed by atoms with Crippen LogP contribution in [0.4, 0.5) is 0 Å². The van der Waals surface area contributed by atoms with E-state index in [1.54, 1.807) is 6.07 Å². The van der Waals surface area contributed by atoms with E-state index in [-0.39, 0.29) is 11.1 Å². The average Bonchev–Trinajstić information content (AvgIpc) is 2.20. The van der Waals surface area contributed by atoms with Crippen LogP contribution in [0.15, 0.2) is 10.9 Å². The summed E-state index contributed by atoms with van der Waals surface area (Å²) in [7, 11) is 0. The van der Waals surface area contributed by atoms with Gasteiger partial charge < -0.3 is 10.2 Å². The highest BCUT2D eigenvalue weighted by atomic mass is 16.4. The van der Waals surface area contributed by atoms with Crippen LogP contribution in [0.5, 0.6) is 5.88 Å². The number of aromatic hydroxyl groups is 1. The molecule has 88 valence electrons. The lowest BCUT2D eigenvalue weighted by atomic mass is 10.0. The van der Waals surface area contributed by atoms with Crippen molar-refractivity contribution in [3.8, 4) is 11.9 Å². The molecule has 0 bridgehead atoms. The third-order valence-electron chi connectivity index (χ3n) is 1.96. The number of carbonyl (C=O) groups excluding carboxylic acids is 1. The standard InChI is InChI=1S/C10H8N2O5/c11-4-5-1-8(14)12-10(17)7(5)2-6(13)3-9(15)16/h1H,2-3H2,(H,15,16)(H2,12,14,17). The summed E-state index contributed by atoms with van der Waals surface area (Å²) in [4.78, 5) is 34.9. The molecule has 0 aliphatic heterocycles. The number of hydrogen-bond acceptors (Lipinski definition) is 5. The number of hydrogen-bond donors (Lipinski definition) is 3. The summed E-state index contributed by atoms with van der Waals surface area (Å²) in [5, 5.41) is 26.2. The van der Waals surface area contributed by atoms with Gasteiger partial charge in [0.2, 0.25) is 0 Å². The Bertz CT molecular complexity index is 567. The molecule has 0 spiro atoms. The zero-order valence-corrected chi connectivity index (χ0v) is 8.56. The highest BCUT2D eigenvalue weighted by molar-refractivity contribution is 5.95. The molecule has 0 amide bonds. The number of H-pyrrole nitrogens is 1. The van der Waals surface area contributed by atoms with Crippen LogP contribution in [-0.2, 0) is 16.0 Å². The highest BCUT2D eigenvalue weighted by Crippen LogP contribution is 2.10. The van der Waals surface area contributed by atoms with Gasteiger partial charge >= 0.3 is 5.97 Å². The average molecular weight is 236 g/mol. The first-order valence-electron chi connectivity index (χ1n) is 4.52. The van der Waals surface area contributed by atoms with Crippen molar-refractivity contribution in [1.82, 2.24) is 4.98 Å². The Labute approximate surface area is 94.9 Å². The molecule has 0 aliphatic carbocycles. The van der Waals surface area contributed by atoms with E-state index in [1.807, 2.05) is 4.98 Å². The molecule has 1 aromatic heterocycles. The van der Waals surface area contributed by atoms with Gasteiger partial charge in [0.15, 0.2) is 5.88 Å². The number of nitriles is 1. The largest absolute Gasteiger partial charge is 0.494 e.